The number of nitrogens with one attached hydrogen (secondary N) is 2. The molecule has 0 bridgehead atoms. The number of carbonyl (C=O) groups is 1. The minimum Gasteiger partial charge on any atom is -0.351 e. The maximum absolute atomic E-state index is 12.1. The van der Waals surface area contributed by atoms with E-state index in [9.17, 15) is 4.79 Å². The normalized spacial score (nSPS) is 23.7. The van der Waals surface area contributed by atoms with Gasteiger partial charge in [-0.1, -0.05) is 19.1 Å². The van der Waals surface area contributed by atoms with Gasteiger partial charge in [-0.3, -0.25) is 4.79 Å². The third kappa shape index (κ3) is 3.45. The molecule has 1 amide bonds. The zero-order valence-electron chi connectivity index (χ0n) is 10.6. The van der Waals surface area contributed by atoms with Gasteiger partial charge in [0, 0.05) is 16.7 Å². The first-order valence-corrected chi connectivity index (χ1v) is 7.42. The molecule has 2 rings (SSSR count). The number of piperidine rings is 1. The van der Waals surface area contributed by atoms with Crippen molar-refractivity contribution in [2.75, 3.05) is 19.6 Å². The maximum Gasteiger partial charge on any atom is 0.252 e. The summed E-state index contributed by atoms with van der Waals surface area (Å²) in [5.41, 5.74) is 0.958. The molecular weight excluding hydrogens is 339 g/mol. The highest BCUT2D eigenvalue weighted by Crippen LogP contribution is 2.24. The molecule has 18 heavy (non-hydrogen) atoms. The lowest BCUT2D eigenvalue weighted by molar-refractivity contribution is 0.0924. The monoisotopic (exact) mass is 358 g/mol. The van der Waals surface area contributed by atoms with Crippen molar-refractivity contribution in [3.63, 3.8) is 0 Å². The van der Waals surface area contributed by atoms with Crippen LogP contribution < -0.4 is 10.6 Å². The van der Waals surface area contributed by atoms with Crippen LogP contribution in [0.1, 0.15) is 30.1 Å². The number of halogens is 1. The van der Waals surface area contributed by atoms with Gasteiger partial charge in [0.25, 0.3) is 5.91 Å². The smallest absolute Gasteiger partial charge is 0.252 e. The predicted molar refractivity (Wildman–Crippen MR) is 81.7 cm³/mol. The first kappa shape index (κ1) is 13.8. The van der Waals surface area contributed by atoms with Gasteiger partial charge in [-0.25, -0.2) is 0 Å². The minimum atomic E-state index is 0.0341. The van der Waals surface area contributed by atoms with Crippen LogP contribution in [0.3, 0.4) is 0 Å². The maximum atomic E-state index is 12.1. The summed E-state index contributed by atoms with van der Waals surface area (Å²) in [6.45, 7) is 5.05. The molecule has 4 heteroatoms. The second kappa shape index (κ2) is 6.02. The van der Waals surface area contributed by atoms with Crippen molar-refractivity contribution in [2.24, 2.45) is 5.41 Å². The van der Waals surface area contributed by atoms with Gasteiger partial charge >= 0.3 is 0 Å². The van der Waals surface area contributed by atoms with Crippen molar-refractivity contribution in [1.82, 2.24) is 10.6 Å². The Balaban J connectivity index is 1.94. The number of amides is 1. The Labute approximate surface area is 122 Å². The molecule has 1 heterocycles. The molecule has 0 radical (unpaired) electrons. The summed E-state index contributed by atoms with van der Waals surface area (Å²) in [6.07, 6.45) is 2.36. The molecule has 1 aliphatic heterocycles. The summed E-state index contributed by atoms with van der Waals surface area (Å²) < 4.78 is 1.000. The third-order valence-corrected chi connectivity index (χ3v) is 4.42. The average molecular weight is 358 g/mol. The third-order valence-electron chi connectivity index (χ3n) is 3.48. The van der Waals surface area contributed by atoms with Crippen molar-refractivity contribution in [3.05, 3.63) is 33.4 Å². The van der Waals surface area contributed by atoms with E-state index >= 15 is 0 Å². The molecule has 1 unspecified atom stereocenters. The van der Waals surface area contributed by atoms with E-state index in [1.54, 1.807) is 0 Å². The molecule has 1 saturated heterocycles. The van der Waals surface area contributed by atoms with E-state index in [2.05, 4.69) is 40.1 Å². The number of rotatable bonds is 3. The van der Waals surface area contributed by atoms with Crippen LogP contribution in [0, 0.1) is 8.99 Å². The highest BCUT2D eigenvalue weighted by Gasteiger charge is 2.27. The van der Waals surface area contributed by atoms with E-state index in [1.165, 1.54) is 12.8 Å². The molecule has 1 aromatic rings. The first-order chi connectivity index (χ1) is 8.61. The van der Waals surface area contributed by atoms with Gasteiger partial charge in [0.2, 0.25) is 0 Å². The molecule has 98 valence electrons. The van der Waals surface area contributed by atoms with Gasteiger partial charge in [0.1, 0.15) is 0 Å². The molecular formula is C14H19IN2O. The zero-order valence-corrected chi connectivity index (χ0v) is 12.8. The Bertz CT molecular complexity index is 428. The molecule has 3 nitrogen and oxygen atoms in total. The van der Waals surface area contributed by atoms with Crippen LogP contribution in [0.5, 0.6) is 0 Å². The van der Waals surface area contributed by atoms with Gasteiger partial charge in [-0.05, 0) is 59.5 Å². The SMILES string of the molecule is CC1(CNC(=O)c2ccccc2I)CCCNC1. The molecule has 1 fully saturated rings. The highest BCUT2D eigenvalue weighted by atomic mass is 127. The van der Waals surface area contributed by atoms with E-state index < -0.39 is 0 Å². The van der Waals surface area contributed by atoms with E-state index in [-0.39, 0.29) is 11.3 Å². The number of carbonyl (C=O) groups excluding carboxylic acids is 1. The summed E-state index contributed by atoms with van der Waals surface area (Å²) in [4.78, 5) is 12.1. The molecule has 0 saturated carbocycles. The predicted octanol–water partition coefficient (Wildman–Crippen LogP) is 2.41. The average Bonchev–Trinajstić information content (AvgIpc) is 2.38. The van der Waals surface area contributed by atoms with E-state index in [4.69, 9.17) is 0 Å². The molecule has 1 aliphatic rings. The van der Waals surface area contributed by atoms with Gasteiger partial charge in [-0.2, -0.15) is 0 Å². The van der Waals surface area contributed by atoms with Gasteiger partial charge < -0.3 is 10.6 Å². The van der Waals surface area contributed by atoms with Crippen LogP contribution in [-0.2, 0) is 0 Å². The van der Waals surface area contributed by atoms with E-state index in [0.717, 1.165) is 28.8 Å². The van der Waals surface area contributed by atoms with Gasteiger partial charge in [0.15, 0.2) is 0 Å². The molecule has 0 aromatic heterocycles. The van der Waals surface area contributed by atoms with Crippen LogP contribution >= 0.6 is 22.6 Å². The molecule has 0 aliphatic carbocycles. The quantitative estimate of drug-likeness (QED) is 0.815. The topological polar surface area (TPSA) is 41.1 Å². The van der Waals surface area contributed by atoms with Crippen LogP contribution in [0.4, 0.5) is 0 Å². The van der Waals surface area contributed by atoms with E-state index in [0.29, 0.717) is 0 Å². The lowest BCUT2D eigenvalue weighted by Gasteiger charge is -2.34. The highest BCUT2D eigenvalue weighted by molar-refractivity contribution is 14.1. The van der Waals surface area contributed by atoms with Crippen molar-refractivity contribution in [2.45, 2.75) is 19.8 Å². The van der Waals surface area contributed by atoms with Gasteiger partial charge in [0.05, 0.1) is 5.56 Å². The standard InChI is InChI=1S/C14H19IN2O/c1-14(7-4-8-16-9-14)10-17-13(18)11-5-2-3-6-12(11)15/h2-3,5-6,16H,4,7-10H2,1H3,(H,17,18). The first-order valence-electron chi connectivity index (χ1n) is 6.34. The Morgan fingerprint density at radius 1 is 1.50 bits per heavy atom. The fourth-order valence-electron chi connectivity index (χ4n) is 2.30. The van der Waals surface area contributed by atoms with E-state index in [1.807, 2.05) is 24.3 Å². The lowest BCUT2D eigenvalue weighted by atomic mass is 9.83. The van der Waals surface area contributed by atoms with Crippen LogP contribution in [0.25, 0.3) is 0 Å². The Kier molecular flexibility index (Phi) is 4.61. The second-order valence-electron chi connectivity index (χ2n) is 5.25. The Morgan fingerprint density at radius 2 is 2.28 bits per heavy atom. The van der Waals surface area contributed by atoms with Crippen LogP contribution in [0.15, 0.2) is 24.3 Å². The second-order valence-corrected chi connectivity index (χ2v) is 6.42. The fourth-order valence-corrected chi connectivity index (χ4v) is 2.94. The number of benzene rings is 1. The fraction of sp³-hybridized carbons (Fsp3) is 0.500. The largest absolute Gasteiger partial charge is 0.351 e. The number of hydrogen-bond donors (Lipinski definition) is 2. The van der Waals surface area contributed by atoms with Crippen molar-refractivity contribution < 1.29 is 4.79 Å². The van der Waals surface area contributed by atoms with Gasteiger partial charge in [-0.15, -0.1) is 0 Å². The van der Waals surface area contributed by atoms with Crippen molar-refractivity contribution in [1.29, 1.82) is 0 Å². The molecule has 0 spiro atoms. The van der Waals surface area contributed by atoms with Crippen molar-refractivity contribution >= 4 is 28.5 Å². The Morgan fingerprint density at radius 3 is 2.94 bits per heavy atom. The zero-order chi connectivity index (χ0) is 13.0. The Hall–Kier alpha value is -0.620. The molecule has 2 N–H and O–H groups in total. The number of hydrogen-bond acceptors (Lipinski definition) is 2. The molecule has 1 atom stereocenters. The summed E-state index contributed by atoms with van der Waals surface area (Å²) >= 11 is 2.20. The summed E-state index contributed by atoms with van der Waals surface area (Å²) in [7, 11) is 0. The lowest BCUT2D eigenvalue weighted by Crippen LogP contribution is -2.45. The van der Waals surface area contributed by atoms with Crippen LogP contribution in [0.2, 0.25) is 0 Å². The van der Waals surface area contributed by atoms with Crippen LogP contribution in [-0.4, -0.2) is 25.5 Å². The summed E-state index contributed by atoms with van der Waals surface area (Å²) in [5, 5.41) is 6.46. The summed E-state index contributed by atoms with van der Waals surface area (Å²) in [6, 6.07) is 7.68. The molecule has 1 aromatic carbocycles. The van der Waals surface area contributed by atoms with Crippen molar-refractivity contribution in [3.8, 4) is 0 Å². The minimum absolute atomic E-state index is 0.0341. The summed E-state index contributed by atoms with van der Waals surface area (Å²) in [5.74, 6) is 0.0341.